The van der Waals surface area contributed by atoms with E-state index in [-0.39, 0.29) is 0 Å². The molecule has 1 atom stereocenters. The van der Waals surface area contributed by atoms with Crippen molar-refractivity contribution in [2.24, 2.45) is 5.92 Å². The predicted octanol–water partition coefficient (Wildman–Crippen LogP) is 2.37. The molecule has 0 saturated heterocycles. The Hall–Kier alpha value is -0.410. The zero-order chi connectivity index (χ0) is 9.52. The number of furan rings is 1. The molecule has 0 fully saturated rings. The lowest BCUT2D eigenvalue weighted by molar-refractivity contribution is 0.466. The van der Waals surface area contributed by atoms with Crippen molar-refractivity contribution in [3.63, 3.8) is 0 Å². The summed E-state index contributed by atoms with van der Waals surface area (Å²) >= 11 is 1.89. The Morgan fingerprint density at radius 2 is 2.46 bits per heavy atom. The van der Waals surface area contributed by atoms with Crippen LogP contribution in [-0.2, 0) is 6.54 Å². The zero-order valence-corrected chi connectivity index (χ0v) is 9.06. The molecule has 0 aliphatic rings. The molecule has 13 heavy (non-hydrogen) atoms. The van der Waals surface area contributed by atoms with Gasteiger partial charge in [0.25, 0.3) is 0 Å². The van der Waals surface area contributed by atoms with Crippen LogP contribution in [0.15, 0.2) is 22.8 Å². The van der Waals surface area contributed by atoms with Crippen LogP contribution in [0, 0.1) is 5.92 Å². The van der Waals surface area contributed by atoms with E-state index in [1.165, 1.54) is 5.75 Å². The molecule has 0 aliphatic carbocycles. The van der Waals surface area contributed by atoms with E-state index in [0.29, 0.717) is 0 Å². The maximum atomic E-state index is 5.21. The minimum Gasteiger partial charge on any atom is -0.468 e. The van der Waals surface area contributed by atoms with Gasteiger partial charge in [-0.1, -0.05) is 6.92 Å². The van der Waals surface area contributed by atoms with Crippen molar-refractivity contribution in [3.8, 4) is 0 Å². The summed E-state index contributed by atoms with van der Waals surface area (Å²) in [5.74, 6) is 2.95. The van der Waals surface area contributed by atoms with E-state index < -0.39 is 0 Å². The molecule has 0 spiro atoms. The summed E-state index contributed by atoms with van der Waals surface area (Å²) in [6.45, 7) is 4.15. The van der Waals surface area contributed by atoms with Crippen LogP contribution in [0.2, 0.25) is 0 Å². The molecule has 0 saturated carbocycles. The van der Waals surface area contributed by atoms with Crippen molar-refractivity contribution in [1.29, 1.82) is 0 Å². The van der Waals surface area contributed by atoms with Gasteiger partial charge in [-0.25, -0.2) is 0 Å². The smallest absolute Gasteiger partial charge is 0.117 e. The first kappa shape index (κ1) is 10.7. The summed E-state index contributed by atoms with van der Waals surface area (Å²) in [5.41, 5.74) is 0. The van der Waals surface area contributed by atoms with Gasteiger partial charge in [-0.3, -0.25) is 0 Å². The maximum Gasteiger partial charge on any atom is 0.117 e. The quantitative estimate of drug-likeness (QED) is 0.761. The van der Waals surface area contributed by atoms with Gasteiger partial charge in [0, 0.05) is 0 Å². The van der Waals surface area contributed by atoms with Gasteiger partial charge in [-0.05, 0) is 36.6 Å². The van der Waals surface area contributed by atoms with E-state index in [9.17, 15) is 0 Å². The second kappa shape index (κ2) is 6.11. The number of nitrogens with one attached hydrogen (secondary N) is 1. The third-order valence-corrected chi connectivity index (χ3v) is 2.73. The van der Waals surface area contributed by atoms with E-state index >= 15 is 0 Å². The second-order valence-electron chi connectivity index (χ2n) is 3.27. The van der Waals surface area contributed by atoms with E-state index in [0.717, 1.165) is 24.8 Å². The normalized spacial score (nSPS) is 13.1. The van der Waals surface area contributed by atoms with Crippen LogP contribution < -0.4 is 5.32 Å². The largest absolute Gasteiger partial charge is 0.468 e. The number of hydrogen-bond donors (Lipinski definition) is 1. The van der Waals surface area contributed by atoms with Gasteiger partial charge < -0.3 is 9.73 Å². The summed E-state index contributed by atoms with van der Waals surface area (Å²) in [4.78, 5) is 0. The SMILES string of the molecule is CSCC(C)CNCc1ccco1. The summed E-state index contributed by atoms with van der Waals surface area (Å²) in [6.07, 6.45) is 3.85. The third-order valence-electron chi connectivity index (χ3n) is 1.82. The average Bonchev–Trinajstić information content (AvgIpc) is 2.57. The Labute approximate surface area is 84.1 Å². The molecule has 1 N–H and O–H groups in total. The lowest BCUT2D eigenvalue weighted by atomic mass is 10.2. The second-order valence-corrected chi connectivity index (χ2v) is 4.18. The summed E-state index contributed by atoms with van der Waals surface area (Å²) in [6, 6.07) is 3.91. The van der Waals surface area contributed by atoms with Crippen LogP contribution in [0.1, 0.15) is 12.7 Å². The average molecular weight is 199 g/mol. The summed E-state index contributed by atoms with van der Waals surface area (Å²) in [7, 11) is 0. The first-order valence-electron chi connectivity index (χ1n) is 4.55. The fraction of sp³-hybridized carbons (Fsp3) is 0.600. The number of thioether (sulfide) groups is 1. The van der Waals surface area contributed by atoms with Crippen LogP contribution >= 0.6 is 11.8 Å². The van der Waals surface area contributed by atoms with Gasteiger partial charge >= 0.3 is 0 Å². The molecular weight excluding hydrogens is 182 g/mol. The highest BCUT2D eigenvalue weighted by Gasteiger charge is 2.00. The van der Waals surface area contributed by atoms with Crippen molar-refractivity contribution >= 4 is 11.8 Å². The Kier molecular flexibility index (Phi) is 5.01. The van der Waals surface area contributed by atoms with E-state index in [4.69, 9.17) is 4.42 Å². The fourth-order valence-corrected chi connectivity index (χ4v) is 1.89. The topological polar surface area (TPSA) is 25.2 Å². The van der Waals surface area contributed by atoms with Crippen LogP contribution in [0.4, 0.5) is 0 Å². The number of hydrogen-bond acceptors (Lipinski definition) is 3. The Morgan fingerprint density at radius 1 is 1.62 bits per heavy atom. The van der Waals surface area contributed by atoms with Crippen molar-refractivity contribution < 1.29 is 4.42 Å². The summed E-state index contributed by atoms with van der Waals surface area (Å²) < 4.78 is 5.21. The standard InChI is InChI=1S/C10H17NOS/c1-9(8-13-2)6-11-7-10-4-3-5-12-10/h3-5,9,11H,6-8H2,1-2H3. The van der Waals surface area contributed by atoms with Gasteiger partial charge in [0.05, 0.1) is 12.8 Å². The van der Waals surface area contributed by atoms with Crippen LogP contribution in [-0.4, -0.2) is 18.6 Å². The van der Waals surface area contributed by atoms with Crippen LogP contribution in [0.3, 0.4) is 0 Å². The Bertz CT molecular complexity index is 211. The monoisotopic (exact) mass is 199 g/mol. The van der Waals surface area contributed by atoms with E-state index in [2.05, 4.69) is 18.5 Å². The Balaban J connectivity index is 2.07. The number of rotatable bonds is 6. The molecule has 0 aromatic carbocycles. The molecule has 2 nitrogen and oxygen atoms in total. The lowest BCUT2D eigenvalue weighted by Crippen LogP contribution is -2.21. The molecule has 1 aromatic heterocycles. The highest BCUT2D eigenvalue weighted by Crippen LogP contribution is 2.03. The van der Waals surface area contributed by atoms with Gasteiger partial charge in [0.1, 0.15) is 5.76 Å². The molecule has 3 heteroatoms. The third kappa shape index (κ3) is 4.39. The lowest BCUT2D eigenvalue weighted by Gasteiger charge is -2.09. The minimum absolute atomic E-state index is 0.727. The molecule has 0 amide bonds. The fourth-order valence-electron chi connectivity index (χ4n) is 1.20. The molecule has 0 aliphatic heterocycles. The highest BCUT2D eigenvalue weighted by molar-refractivity contribution is 7.98. The predicted molar refractivity (Wildman–Crippen MR) is 58.0 cm³/mol. The van der Waals surface area contributed by atoms with Crippen LogP contribution in [0.5, 0.6) is 0 Å². The molecule has 74 valence electrons. The summed E-state index contributed by atoms with van der Waals surface area (Å²) in [5, 5.41) is 3.37. The van der Waals surface area contributed by atoms with Gasteiger partial charge in [-0.15, -0.1) is 0 Å². The molecule has 0 radical (unpaired) electrons. The molecule has 0 bridgehead atoms. The van der Waals surface area contributed by atoms with Crippen molar-refractivity contribution in [1.82, 2.24) is 5.32 Å². The first-order valence-corrected chi connectivity index (χ1v) is 5.94. The van der Waals surface area contributed by atoms with Crippen molar-refractivity contribution in [3.05, 3.63) is 24.2 Å². The molecule has 1 rings (SSSR count). The Morgan fingerprint density at radius 3 is 3.08 bits per heavy atom. The van der Waals surface area contributed by atoms with Gasteiger partial charge in [0.2, 0.25) is 0 Å². The molecular formula is C10H17NOS. The van der Waals surface area contributed by atoms with Crippen LogP contribution in [0.25, 0.3) is 0 Å². The van der Waals surface area contributed by atoms with Gasteiger partial charge in [0.15, 0.2) is 0 Å². The van der Waals surface area contributed by atoms with Gasteiger partial charge in [-0.2, -0.15) is 11.8 Å². The zero-order valence-electron chi connectivity index (χ0n) is 8.25. The molecule has 1 heterocycles. The van der Waals surface area contributed by atoms with E-state index in [1.54, 1.807) is 6.26 Å². The first-order chi connectivity index (χ1) is 6.33. The minimum atomic E-state index is 0.727. The maximum absolute atomic E-state index is 5.21. The van der Waals surface area contributed by atoms with Crippen molar-refractivity contribution in [2.45, 2.75) is 13.5 Å². The highest BCUT2D eigenvalue weighted by atomic mass is 32.2. The van der Waals surface area contributed by atoms with E-state index in [1.807, 2.05) is 23.9 Å². The van der Waals surface area contributed by atoms with Crippen molar-refractivity contribution in [2.75, 3.05) is 18.6 Å². The molecule has 1 aromatic rings. The molecule has 1 unspecified atom stereocenters.